The Morgan fingerprint density at radius 2 is 2.15 bits per heavy atom. The lowest BCUT2D eigenvalue weighted by atomic mass is 10.0. The zero-order chi connectivity index (χ0) is 15.0. The number of carbonyl (C=O) groups excluding carboxylic acids is 1. The van der Waals surface area contributed by atoms with E-state index >= 15 is 0 Å². The molecule has 0 saturated heterocycles. The van der Waals surface area contributed by atoms with Gasteiger partial charge in [-0.2, -0.15) is 0 Å². The van der Waals surface area contributed by atoms with E-state index in [-0.39, 0.29) is 5.41 Å². The molecule has 1 aliphatic carbocycles. The minimum Gasteiger partial charge on any atom is -0.444 e. The van der Waals surface area contributed by atoms with Gasteiger partial charge in [0.1, 0.15) is 5.60 Å². The van der Waals surface area contributed by atoms with Crippen molar-refractivity contribution in [3.63, 3.8) is 0 Å². The summed E-state index contributed by atoms with van der Waals surface area (Å²) in [6.45, 7) is 8.01. The van der Waals surface area contributed by atoms with Crippen molar-refractivity contribution >= 4 is 17.7 Å². The smallest absolute Gasteiger partial charge is 0.407 e. The zero-order valence-electron chi connectivity index (χ0n) is 12.4. The third-order valence-corrected chi connectivity index (χ3v) is 3.59. The number of hydrogen-bond donors (Lipinski definition) is 1. The SMILES string of the molecule is Cc1cnc(C2(CNC(=O)OC(C)(C)C)CC2)c(Cl)c1. The maximum atomic E-state index is 11.7. The molecule has 2 rings (SSSR count). The number of nitrogens with zero attached hydrogens (tertiary/aromatic N) is 1. The highest BCUT2D eigenvalue weighted by molar-refractivity contribution is 6.31. The predicted molar refractivity (Wildman–Crippen MR) is 79.1 cm³/mol. The summed E-state index contributed by atoms with van der Waals surface area (Å²) < 4.78 is 5.24. The molecule has 1 N–H and O–H groups in total. The maximum Gasteiger partial charge on any atom is 0.407 e. The molecule has 1 saturated carbocycles. The normalized spacial score (nSPS) is 16.6. The van der Waals surface area contributed by atoms with Gasteiger partial charge in [-0.15, -0.1) is 0 Å². The van der Waals surface area contributed by atoms with Crippen molar-refractivity contribution in [2.24, 2.45) is 0 Å². The second kappa shape index (κ2) is 5.24. The molecular weight excluding hydrogens is 276 g/mol. The molecule has 1 heterocycles. The van der Waals surface area contributed by atoms with Gasteiger partial charge in [0.15, 0.2) is 0 Å². The van der Waals surface area contributed by atoms with Gasteiger partial charge in [0.25, 0.3) is 0 Å². The molecule has 0 aliphatic heterocycles. The summed E-state index contributed by atoms with van der Waals surface area (Å²) in [5.74, 6) is 0. The number of rotatable bonds is 3. The number of nitrogens with one attached hydrogen (secondary N) is 1. The molecule has 5 heteroatoms. The highest BCUT2D eigenvalue weighted by atomic mass is 35.5. The first kappa shape index (κ1) is 15.1. The number of carbonyl (C=O) groups is 1. The van der Waals surface area contributed by atoms with Gasteiger partial charge in [-0.25, -0.2) is 4.79 Å². The van der Waals surface area contributed by atoms with Crippen LogP contribution in [-0.4, -0.2) is 23.2 Å². The fraction of sp³-hybridized carbons (Fsp3) is 0.600. The molecule has 110 valence electrons. The van der Waals surface area contributed by atoms with Crippen molar-refractivity contribution in [1.82, 2.24) is 10.3 Å². The van der Waals surface area contributed by atoms with Gasteiger partial charge in [0, 0.05) is 18.2 Å². The third kappa shape index (κ3) is 3.63. The van der Waals surface area contributed by atoms with Gasteiger partial charge in [-0.1, -0.05) is 11.6 Å². The Labute approximate surface area is 124 Å². The fourth-order valence-corrected chi connectivity index (χ4v) is 2.55. The van der Waals surface area contributed by atoms with Crippen LogP contribution in [0.25, 0.3) is 0 Å². The second-order valence-corrected chi connectivity index (χ2v) is 6.89. The monoisotopic (exact) mass is 296 g/mol. The maximum absolute atomic E-state index is 11.7. The number of ether oxygens (including phenoxy) is 1. The minimum absolute atomic E-state index is 0.123. The molecule has 4 nitrogen and oxygen atoms in total. The van der Waals surface area contributed by atoms with Gasteiger partial charge in [0.05, 0.1) is 10.7 Å². The first-order chi connectivity index (χ1) is 9.22. The summed E-state index contributed by atoms with van der Waals surface area (Å²) in [7, 11) is 0. The van der Waals surface area contributed by atoms with E-state index in [4.69, 9.17) is 16.3 Å². The highest BCUT2D eigenvalue weighted by Gasteiger charge is 2.47. The average Bonchev–Trinajstić information content (AvgIpc) is 3.05. The van der Waals surface area contributed by atoms with E-state index in [9.17, 15) is 4.79 Å². The largest absolute Gasteiger partial charge is 0.444 e. The van der Waals surface area contributed by atoms with Crippen molar-refractivity contribution in [2.75, 3.05) is 6.54 Å². The van der Waals surface area contributed by atoms with Gasteiger partial charge in [-0.3, -0.25) is 4.98 Å². The van der Waals surface area contributed by atoms with Crippen LogP contribution in [0.2, 0.25) is 5.02 Å². The summed E-state index contributed by atoms with van der Waals surface area (Å²) >= 11 is 6.27. The van der Waals surface area contributed by atoms with Crippen molar-refractivity contribution in [3.8, 4) is 0 Å². The van der Waals surface area contributed by atoms with Gasteiger partial charge < -0.3 is 10.1 Å². The first-order valence-corrected chi connectivity index (χ1v) is 7.19. The molecule has 0 spiro atoms. The van der Waals surface area contributed by atoms with Gasteiger partial charge >= 0.3 is 6.09 Å². The number of aryl methyl sites for hydroxylation is 1. The Morgan fingerprint density at radius 3 is 2.65 bits per heavy atom. The van der Waals surface area contributed by atoms with Crippen molar-refractivity contribution in [1.29, 1.82) is 0 Å². The Bertz CT molecular complexity index is 519. The van der Waals surface area contributed by atoms with Crippen LogP contribution in [-0.2, 0) is 10.2 Å². The van der Waals surface area contributed by atoms with Gasteiger partial charge in [-0.05, 0) is 52.2 Å². The van der Waals surface area contributed by atoms with E-state index < -0.39 is 11.7 Å². The topological polar surface area (TPSA) is 51.2 Å². The van der Waals surface area contributed by atoms with Crippen LogP contribution >= 0.6 is 11.6 Å². The number of alkyl carbamates (subject to hydrolysis) is 1. The molecule has 0 atom stereocenters. The summed E-state index contributed by atoms with van der Waals surface area (Å²) in [6, 6.07) is 1.91. The molecule has 0 aromatic carbocycles. The Kier molecular flexibility index (Phi) is 3.96. The summed E-state index contributed by atoms with van der Waals surface area (Å²) in [4.78, 5) is 16.2. The Hall–Kier alpha value is -1.29. The first-order valence-electron chi connectivity index (χ1n) is 6.81. The van der Waals surface area contributed by atoms with Crippen LogP contribution < -0.4 is 5.32 Å². The number of pyridine rings is 1. The van der Waals surface area contributed by atoms with Crippen LogP contribution in [0.5, 0.6) is 0 Å². The van der Waals surface area contributed by atoms with Crippen molar-refractivity contribution in [2.45, 2.75) is 51.6 Å². The number of halogens is 1. The zero-order valence-corrected chi connectivity index (χ0v) is 13.2. The van der Waals surface area contributed by atoms with E-state index in [2.05, 4.69) is 10.3 Å². The van der Waals surface area contributed by atoms with Crippen LogP contribution in [0.3, 0.4) is 0 Å². The van der Waals surface area contributed by atoms with Crippen LogP contribution in [0.1, 0.15) is 44.9 Å². The van der Waals surface area contributed by atoms with Crippen LogP contribution in [0, 0.1) is 6.92 Å². The van der Waals surface area contributed by atoms with E-state index in [0.29, 0.717) is 11.6 Å². The lowest BCUT2D eigenvalue weighted by molar-refractivity contribution is 0.0522. The molecule has 1 aromatic rings. The Balaban J connectivity index is 2.00. The molecule has 1 aromatic heterocycles. The third-order valence-electron chi connectivity index (χ3n) is 3.30. The molecule has 1 fully saturated rings. The number of aromatic nitrogens is 1. The lowest BCUT2D eigenvalue weighted by Gasteiger charge is -2.22. The molecule has 1 aliphatic rings. The number of amides is 1. The predicted octanol–water partition coefficient (Wildman–Crippen LogP) is 3.60. The summed E-state index contributed by atoms with van der Waals surface area (Å²) in [5.41, 5.74) is 1.30. The van der Waals surface area contributed by atoms with Gasteiger partial charge in [0.2, 0.25) is 0 Å². The number of hydrogen-bond acceptors (Lipinski definition) is 3. The molecule has 0 radical (unpaired) electrons. The molecule has 0 unspecified atom stereocenters. The fourth-order valence-electron chi connectivity index (χ4n) is 2.13. The van der Waals surface area contributed by atoms with E-state index in [1.54, 1.807) is 0 Å². The highest BCUT2D eigenvalue weighted by Crippen LogP contribution is 2.49. The second-order valence-electron chi connectivity index (χ2n) is 6.48. The molecule has 1 amide bonds. The van der Waals surface area contributed by atoms with Crippen LogP contribution in [0.4, 0.5) is 4.79 Å². The van der Waals surface area contributed by atoms with E-state index in [1.165, 1.54) is 0 Å². The van der Waals surface area contributed by atoms with E-state index in [1.807, 2.05) is 40.0 Å². The molecule has 20 heavy (non-hydrogen) atoms. The van der Waals surface area contributed by atoms with E-state index in [0.717, 1.165) is 24.1 Å². The average molecular weight is 297 g/mol. The quantitative estimate of drug-likeness (QED) is 0.927. The van der Waals surface area contributed by atoms with Crippen LogP contribution in [0.15, 0.2) is 12.3 Å². The lowest BCUT2D eigenvalue weighted by Crippen LogP contribution is -2.37. The van der Waals surface area contributed by atoms with Crippen molar-refractivity contribution < 1.29 is 9.53 Å². The summed E-state index contributed by atoms with van der Waals surface area (Å²) in [6.07, 6.45) is 3.39. The Morgan fingerprint density at radius 1 is 1.50 bits per heavy atom. The molecule has 0 bridgehead atoms. The standard InChI is InChI=1S/C15H21ClN2O2/c1-10-7-11(16)12(17-8-10)15(5-6-15)9-18-13(19)20-14(2,3)4/h7-8H,5-6,9H2,1-4H3,(H,18,19). The van der Waals surface area contributed by atoms with Crippen molar-refractivity contribution in [3.05, 3.63) is 28.5 Å². The summed E-state index contributed by atoms with van der Waals surface area (Å²) in [5, 5.41) is 3.50. The minimum atomic E-state index is -0.486. The molecular formula is C15H21ClN2O2.